The van der Waals surface area contributed by atoms with E-state index in [4.69, 9.17) is 9.47 Å². The van der Waals surface area contributed by atoms with E-state index in [0.29, 0.717) is 12.4 Å². The van der Waals surface area contributed by atoms with Crippen LogP contribution < -0.4 is 15.4 Å². The highest BCUT2D eigenvalue weighted by atomic mass is 16.5. The molecule has 1 aromatic rings. The fourth-order valence-electron chi connectivity index (χ4n) is 2.30. The van der Waals surface area contributed by atoms with E-state index in [2.05, 4.69) is 10.6 Å². The van der Waals surface area contributed by atoms with Crippen LogP contribution in [0.2, 0.25) is 0 Å². The summed E-state index contributed by atoms with van der Waals surface area (Å²) in [4.78, 5) is 11.8. The van der Waals surface area contributed by atoms with Crippen LogP contribution in [0.1, 0.15) is 25.5 Å². The second-order valence-corrected chi connectivity index (χ2v) is 5.39. The zero-order valence-corrected chi connectivity index (χ0v) is 11.2. The summed E-state index contributed by atoms with van der Waals surface area (Å²) in [7, 11) is 0. The van der Waals surface area contributed by atoms with Crippen molar-refractivity contribution in [3.05, 3.63) is 23.8 Å². The van der Waals surface area contributed by atoms with Gasteiger partial charge < -0.3 is 20.1 Å². The van der Waals surface area contributed by atoms with Crippen molar-refractivity contribution in [2.75, 3.05) is 25.0 Å². The van der Waals surface area contributed by atoms with Crippen molar-refractivity contribution in [1.29, 1.82) is 0 Å². The summed E-state index contributed by atoms with van der Waals surface area (Å²) in [5.41, 5.74) is 0.951. The maximum absolute atomic E-state index is 11.8. The van der Waals surface area contributed by atoms with Crippen LogP contribution in [0.5, 0.6) is 5.75 Å². The van der Waals surface area contributed by atoms with Crippen molar-refractivity contribution in [3.63, 3.8) is 0 Å². The Morgan fingerprint density at radius 2 is 2.21 bits per heavy atom. The molecule has 0 aliphatic carbocycles. The molecule has 2 aliphatic rings. The van der Waals surface area contributed by atoms with E-state index in [1.165, 1.54) is 0 Å². The molecule has 2 N–H and O–H groups in total. The monoisotopic (exact) mass is 262 g/mol. The van der Waals surface area contributed by atoms with Gasteiger partial charge in [0.15, 0.2) is 5.60 Å². The van der Waals surface area contributed by atoms with Crippen molar-refractivity contribution in [3.8, 4) is 5.75 Å². The Hall–Kier alpha value is -1.59. The highest BCUT2D eigenvalue weighted by molar-refractivity contribution is 6.00. The van der Waals surface area contributed by atoms with E-state index in [1.54, 1.807) is 13.8 Å². The molecule has 1 atom stereocenters. The van der Waals surface area contributed by atoms with Crippen LogP contribution in [0.15, 0.2) is 18.2 Å². The minimum absolute atomic E-state index is 0.0448. The van der Waals surface area contributed by atoms with Crippen molar-refractivity contribution in [2.24, 2.45) is 0 Å². The summed E-state index contributed by atoms with van der Waals surface area (Å²) < 4.78 is 11.5. The molecule has 5 heteroatoms. The number of benzene rings is 1. The van der Waals surface area contributed by atoms with Crippen LogP contribution in [0.25, 0.3) is 0 Å². The second kappa shape index (κ2) is 4.51. The van der Waals surface area contributed by atoms with Gasteiger partial charge in [0.25, 0.3) is 5.91 Å². The standard InChI is InChI=1S/C14H18N2O3/c1-14(2)13(17)16-10-4-3-9(7-11(10)19-14)12-8-15-5-6-18-12/h3-4,7,12,15H,5-6,8H2,1-2H3,(H,16,17). The maximum Gasteiger partial charge on any atom is 0.268 e. The van der Waals surface area contributed by atoms with Crippen LogP contribution in [0, 0.1) is 0 Å². The first-order chi connectivity index (χ1) is 9.06. The first kappa shape index (κ1) is 12.4. The van der Waals surface area contributed by atoms with E-state index >= 15 is 0 Å². The first-order valence-electron chi connectivity index (χ1n) is 6.53. The number of hydrogen-bond donors (Lipinski definition) is 2. The Kier molecular flexibility index (Phi) is 2.95. The van der Waals surface area contributed by atoms with Crippen LogP contribution in [0.3, 0.4) is 0 Å². The summed E-state index contributed by atoms with van der Waals surface area (Å²) >= 11 is 0. The van der Waals surface area contributed by atoms with Crippen molar-refractivity contribution in [2.45, 2.75) is 25.6 Å². The lowest BCUT2D eigenvalue weighted by atomic mass is 10.0. The number of nitrogens with one attached hydrogen (secondary N) is 2. The molecule has 102 valence electrons. The predicted octanol–water partition coefficient (Wildman–Crippen LogP) is 1.46. The number of rotatable bonds is 1. The Balaban J connectivity index is 1.89. The van der Waals surface area contributed by atoms with Crippen LogP contribution in [0.4, 0.5) is 5.69 Å². The normalized spacial score (nSPS) is 25.2. The molecule has 19 heavy (non-hydrogen) atoms. The lowest BCUT2D eigenvalue weighted by Gasteiger charge is -2.32. The number of fused-ring (bicyclic) bond motifs is 1. The third-order valence-electron chi connectivity index (χ3n) is 3.47. The zero-order chi connectivity index (χ0) is 13.5. The van der Waals surface area contributed by atoms with E-state index in [0.717, 1.165) is 24.3 Å². The van der Waals surface area contributed by atoms with Gasteiger partial charge in [-0.25, -0.2) is 0 Å². The average molecular weight is 262 g/mol. The fraction of sp³-hybridized carbons (Fsp3) is 0.500. The minimum atomic E-state index is -0.836. The molecular formula is C14H18N2O3. The number of carbonyl (C=O) groups is 1. The molecule has 1 unspecified atom stereocenters. The van der Waals surface area contributed by atoms with E-state index < -0.39 is 5.60 Å². The Morgan fingerprint density at radius 1 is 1.37 bits per heavy atom. The summed E-state index contributed by atoms with van der Waals surface area (Å²) in [5, 5.41) is 6.16. The average Bonchev–Trinajstić information content (AvgIpc) is 2.40. The van der Waals surface area contributed by atoms with Crippen molar-refractivity contribution in [1.82, 2.24) is 5.32 Å². The van der Waals surface area contributed by atoms with Gasteiger partial charge in [0.05, 0.1) is 18.4 Å². The molecule has 3 rings (SSSR count). The molecule has 5 nitrogen and oxygen atoms in total. The zero-order valence-electron chi connectivity index (χ0n) is 11.2. The van der Waals surface area contributed by atoms with Crippen LogP contribution >= 0.6 is 0 Å². The van der Waals surface area contributed by atoms with E-state index in [-0.39, 0.29) is 12.0 Å². The molecule has 0 saturated carbocycles. The summed E-state index contributed by atoms with van der Waals surface area (Å²) in [5.74, 6) is 0.583. The molecule has 0 bridgehead atoms. The van der Waals surface area contributed by atoms with Gasteiger partial charge in [-0.3, -0.25) is 4.79 Å². The molecule has 1 aromatic carbocycles. The van der Waals surface area contributed by atoms with Gasteiger partial charge in [-0.1, -0.05) is 6.07 Å². The number of carbonyl (C=O) groups excluding carboxylic acids is 1. The van der Waals surface area contributed by atoms with Gasteiger partial charge in [-0.2, -0.15) is 0 Å². The molecule has 2 heterocycles. The van der Waals surface area contributed by atoms with Crippen LogP contribution in [-0.2, 0) is 9.53 Å². The Morgan fingerprint density at radius 3 is 2.95 bits per heavy atom. The van der Waals surface area contributed by atoms with Crippen LogP contribution in [-0.4, -0.2) is 31.2 Å². The van der Waals surface area contributed by atoms with Gasteiger partial charge in [0, 0.05) is 13.1 Å². The molecular weight excluding hydrogens is 244 g/mol. The lowest BCUT2D eigenvalue weighted by Crippen LogP contribution is -2.45. The Labute approximate surface area is 112 Å². The van der Waals surface area contributed by atoms with E-state index in [1.807, 2.05) is 18.2 Å². The predicted molar refractivity (Wildman–Crippen MR) is 71.3 cm³/mol. The smallest absolute Gasteiger partial charge is 0.268 e. The van der Waals surface area contributed by atoms with E-state index in [9.17, 15) is 4.79 Å². The molecule has 1 amide bonds. The number of anilines is 1. The first-order valence-corrected chi connectivity index (χ1v) is 6.53. The lowest BCUT2D eigenvalue weighted by molar-refractivity contribution is -0.129. The van der Waals surface area contributed by atoms with Gasteiger partial charge in [0.2, 0.25) is 0 Å². The highest BCUT2D eigenvalue weighted by Gasteiger charge is 2.35. The SMILES string of the molecule is CC1(C)Oc2cc(C3CNCCO3)ccc2NC1=O. The molecule has 0 spiro atoms. The summed E-state index contributed by atoms with van der Waals surface area (Å²) in [6.07, 6.45) is 0.0448. The number of amides is 1. The Bertz CT molecular complexity index is 507. The molecule has 1 fully saturated rings. The third-order valence-corrected chi connectivity index (χ3v) is 3.47. The molecule has 2 aliphatic heterocycles. The number of morpholine rings is 1. The quantitative estimate of drug-likeness (QED) is 0.804. The molecule has 0 aromatic heterocycles. The van der Waals surface area contributed by atoms with Gasteiger partial charge in [0.1, 0.15) is 5.75 Å². The largest absolute Gasteiger partial charge is 0.476 e. The number of ether oxygens (including phenoxy) is 2. The summed E-state index contributed by atoms with van der Waals surface area (Å²) in [6, 6.07) is 5.79. The minimum Gasteiger partial charge on any atom is -0.476 e. The third kappa shape index (κ3) is 2.31. The topological polar surface area (TPSA) is 59.6 Å². The molecule has 1 saturated heterocycles. The summed E-state index contributed by atoms with van der Waals surface area (Å²) in [6.45, 7) is 5.92. The second-order valence-electron chi connectivity index (χ2n) is 5.39. The van der Waals surface area contributed by atoms with Gasteiger partial charge in [-0.05, 0) is 31.5 Å². The molecule has 0 radical (unpaired) electrons. The van der Waals surface area contributed by atoms with Gasteiger partial charge in [-0.15, -0.1) is 0 Å². The van der Waals surface area contributed by atoms with Crippen molar-refractivity contribution < 1.29 is 14.3 Å². The van der Waals surface area contributed by atoms with Gasteiger partial charge >= 0.3 is 0 Å². The fourth-order valence-corrected chi connectivity index (χ4v) is 2.30. The highest BCUT2D eigenvalue weighted by Crippen LogP contribution is 2.36. The number of hydrogen-bond acceptors (Lipinski definition) is 4. The maximum atomic E-state index is 11.8. The van der Waals surface area contributed by atoms with Crippen molar-refractivity contribution >= 4 is 11.6 Å².